The van der Waals surface area contributed by atoms with Crippen molar-refractivity contribution in [2.24, 2.45) is 0 Å². The lowest BCUT2D eigenvalue weighted by Crippen LogP contribution is -2.33. The van der Waals surface area contributed by atoms with Gasteiger partial charge in [-0.2, -0.15) is 0 Å². The van der Waals surface area contributed by atoms with Crippen LogP contribution >= 0.6 is 0 Å². The molecule has 6 aromatic carbocycles. The first kappa shape index (κ1) is 25.4. The van der Waals surface area contributed by atoms with Gasteiger partial charge in [0.05, 0.1) is 5.41 Å². The third-order valence-corrected chi connectivity index (χ3v) is 9.62. The summed E-state index contributed by atoms with van der Waals surface area (Å²) in [6.07, 6.45) is 0. The second kappa shape index (κ2) is 8.35. The van der Waals surface area contributed by atoms with E-state index in [0.29, 0.717) is 0 Å². The Labute approximate surface area is 248 Å². The maximum atomic E-state index is 6.91. The summed E-state index contributed by atoms with van der Waals surface area (Å²) in [5.74, 6) is 1.88. The minimum absolute atomic E-state index is 0.0679. The smallest absolute Gasteiger partial charge is 0.132 e. The fourth-order valence-corrected chi connectivity index (χ4v) is 7.51. The molecule has 0 unspecified atom stereocenters. The predicted molar refractivity (Wildman–Crippen MR) is 176 cm³/mol. The van der Waals surface area contributed by atoms with E-state index in [2.05, 4.69) is 151 Å². The van der Waals surface area contributed by atoms with Crippen LogP contribution in [0.1, 0.15) is 74.9 Å². The monoisotopic (exact) mass is 544 g/mol. The molecule has 42 heavy (non-hydrogen) atoms. The van der Waals surface area contributed by atoms with Crippen molar-refractivity contribution in [1.29, 1.82) is 0 Å². The number of hydrogen-bond acceptors (Lipinski definition) is 1. The topological polar surface area (TPSA) is 9.23 Å². The van der Waals surface area contributed by atoms with Gasteiger partial charge in [0.25, 0.3) is 0 Å². The Morgan fingerprint density at radius 3 is 1.33 bits per heavy atom. The lowest BCUT2D eigenvalue weighted by atomic mass is 9.63. The average Bonchev–Trinajstić information content (AvgIpc) is 3.26. The van der Waals surface area contributed by atoms with Crippen LogP contribution in [0, 0.1) is 0 Å². The molecule has 0 aromatic heterocycles. The van der Waals surface area contributed by atoms with Crippen LogP contribution in [-0.2, 0) is 16.2 Å². The lowest BCUT2D eigenvalue weighted by Gasteiger charge is -2.41. The second-order valence-electron chi connectivity index (χ2n) is 14.2. The van der Waals surface area contributed by atoms with Gasteiger partial charge in [-0.05, 0) is 77.9 Å². The van der Waals surface area contributed by atoms with Gasteiger partial charge < -0.3 is 4.74 Å². The van der Waals surface area contributed by atoms with E-state index in [1.807, 2.05) is 0 Å². The van der Waals surface area contributed by atoms with Crippen LogP contribution in [-0.4, -0.2) is 0 Å². The molecule has 0 saturated carbocycles. The van der Waals surface area contributed by atoms with E-state index < -0.39 is 5.41 Å². The Kier molecular flexibility index (Phi) is 5.04. The van der Waals surface area contributed by atoms with E-state index in [-0.39, 0.29) is 10.8 Å². The highest BCUT2D eigenvalue weighted by Crippen LogP contribution is 2.64. The molecule has 0 radical (unpaired) electrons. The quantitative estimate of drug-likeness (QED) is 0.184. The molecule has 206 valence electrons. The minimum atomic E-state index is -0.512. The Bertz CT molecular complexity index is 1930. The molecule has 1 heteroatoms. The van der Waals surface area contributed by atoms with Crippen LogP contribution in [0.15, 0.2) is 109 Å². The Morgan fingerprint density at radius 2 is 0.905 bits per heavy atom. The summed E-state index contributed by atoms with van der Waals surface area (Å²) in [5, 5.41) is 5.01. The van der Waals surface area contributed by atoms with Crippen LogP contribution in [0.3, 0.4) is 0 Å². The van der Waals surface area contributed by atoms with Crippen molar-refractivity contribution in [1.82, 2.24) is 0 Å². The SMILES string of the molecule is CC(C)(C)c1ccc2c3c(ccc2c1)Oc1ccc2cc(C(C)(C)C)ccc2c1C31c2ccccc2-c2ccccc21. The molecule has 0 bridgehead atoms. The molecule has 2 aliphatic rings. The van der Waals surface area contributed by atoms with Gasteiger partial charge in [0.2, 0.25) is 0 Å². The Balaban J connectivity index is 1.57. The standard InChI is InChI=1S/C41H36O/c1-39(2,3)27-17-19-29-25(23-27)15-21-35-37(29)41(33-13-9-7-11-31(33)32-12-8-10-14-34(32)41)38-30-20-18-28(40(4,5)6)24-26(30)16-22-36(38)42-35/h7-24H,1-6H3. The van der Waals surface area contributed by atoms with Gasteiger partial charge in [-0.15, -0.1) is 0 Å². The van der Waals surface area contributed by atoms with Crippen molar-refractivity contribution in [3.63, 3.8) is 0 Å². The van der Waals surface area contributed by atoms with E-state index in [0.717, 1.165) is 11.5 Å². The van der Waals surface area contributed by atoms with Crippen molar-refractivity contribution in [3.05, 3.63) is 143 Å². The molecule has 0 saturated heterocycles. The molecule has 1 aliphatic carbocycles. The highest BCUT2D eigenvalue weighted by molar-refractivity contribution is 6.02. The summed E-state index contributed by atoms with van der Waals surface area (Å²) in [6.45, 7) is 13.7. The van der Waals surface area contributed by atoms with Gasteiger partial charge in [-0.1, -0.05) is 139 Å². The fourth-order valence-electron chi connectivity index (χ4n) is 7.51. The number of hydrogen-bond donors (Lipinski definition) is 0. The largest absolute Gasteiger partial charge is 0.457 e. The maximum Gasteiger partial charge on any atom is 0.132 e. The van der Waals surface area contributed by atoms with E-state index in [1.165, 1.54) is 66.1 Å². The van der Waals surface area contributed by atoms with Crippen molar-refractivity contribution in [2.45, 2.75) is 57.8 Å². The van der Waals surface area contributed by atoms with Crippen LogP contribution in [0.5, 0.6) is 11.5 Å². The number of ether oxygens (including phenoxy) is 1. The van der Waals surface area contributed by atoms with E-state index >= 15 is 0 Å². The maximum absolute atomic E-state index is 6.91. The molecule has 0 amide bonds. The first-order valence-electron chi connectivity index (χ1n) is 15.1. The number of rotatable bonds is 0. The van der Waals surface area contributed by atoms with Crippen molar-refractivity contribution in [2.75, 3.05) is 0 Å². The molecule has 1 heterocycles. The highest BCUT2D eigenvalue weighted by atomic mass is 16.5. The van der Waals surface area contributed by atoms with Crippen molar-refractivity contribution < 1.29 is 4.74 Å². The lowest BCUT2D eigenvalue weighted by molar-refractivity contribution is 0.440. The predicted octanol–water partition coefficient (Wildman–Crippen LogP) is 11.1. The van der Waals surface area contributed by atoms with Gasteiger partial charge in [0, 0.05) is 11.1 Å². The van der Waals surface area contributed by atoms with Crippen molar-refractivity contribution >= 4 is 21.5 Å². The molecule has 1 spiro atoms. The zero-order chi connectivity index (χ0) is 29.0. The summed E-state index contributed by atoms with van der Waals surface area (Å²) in [4.78, 5) is 0. The minimum Gasteiger partial charge on any atom is -0.457 e. The third-order valence-electron chi connectivity index (χ3n) is 9.62. The zero-order valence-corrected chi connectivity index (χ0v) is 25.3. The molecular formula is C41H36O. The summed E-state index contributed by atoms with van der Waals surface area (Å²) in [5.41, 5.74) is 10.1. The summed E-state index contributed by atoms with van der Waals surface area (Å²) in [6, 6.07) is 41.0. The Hall–Kier alpha value is -4.36. The number of benzene rings is 6. The highest BCUT2D eigenvalue weighted by Gasteiger charge is 2.52. The molecular weight excluding hydrogens is 508 g/mol. The van der Waals surface area contributed by atoms with E-state index in [9.17, 15) is 0 Å². The third kappa shape index (κ3) is 3.31. The normalized spacial score (nSPS) is 14.8. The Morgan fingerprint density at radius 1 is 0.476 bits per heavy atom. The number of fused-ring (bicyclic) bond motifs is 13. The van der Waals surface area contributed by atoms with Crippen LogP contribution in [0.4, 0.5) is 0 Å². The van der Waals surface area contributed by atoms with Gasteiger partial charge in [-0.25, -0.2) is 0 Å². The molecule has 8 rings (SSSR count). The van der Waals surface area contributed by atoms with Crippen LogP contribution in [0.25, 0.3) is 32.7 Å². The second-order valence-corrected chi connectivity index (χ2v) is 14.2. The molecule has 0 fully saturated rings. The summed E-state index contributed by atoms with van der Waals surface area (Å²) in [7, 11) is 0. The molecule has 0 atom stereocenters. The fraction of sp³-hybridized carbons (Fsp3) is 0.220. The van der Waals surface area contributed by atoms with Crippen molar-refractivity contribution in [3.8, 4) is 22.6 Å². The first-order chi connectivity index (χ1) is 20.1. The van der Waals surface area contributed by atoms with Gasteiger partial charge in [0.1, 0.15) is 11.5 Å². The summed E-state index contributed by atoms with van der Waals surface area (Å²) < 4.78 is 6.91. The zero-order valence-electron chi connectivity index (χ0n) is 25.3. The average molecular weight is 545 g/mol. The summed E-state index contributed by atoms with van der Waals surface area (Å²) >= 11 is 0. The molecule has 0 N–H and O–H groups in total. The first-order valence-corrected chi connectivity index (χ1v) is 15.1. The molecule has 1 aliphatic heterocycles. The van der Waals surface area contributed by atoms with E-state index in [4.69, 9.17) is 4.74 Å². The van der Waals surface area contributed by atoms with Gasteiger partial charge >= 0.3 is 0 Å². The van der Waals surface area contributed by atoms with Crippen LogP contribution in [0.2, 0.25) is 0 Å². The van der Waals surface area contributed by atoms with Gasteiger partial charge in [-0.3, -0.25) is 0 Å². The molecule has 1 nitrogen and oxygen atoms in total. The van der Waals surface area contributed by atoms with Crippen LogP contribution < -0.4 is 4.74 Å². The van der Waals surface area contributed by atoms with Gasteiger partial charge in [0.15, 0.2) is 0 Å². The molecule has 6 aromatic rings. The van der Waals surface area contributed by atoms with E-state index in [1.54, 1.807) is 0 Å².